The zero-order valence-electron chi connectivity index (χ0n) is 16.1. The summed E-state index contributed by atoms with van der Waals surface area (Å²) in [6.07, 6.45) is 2.00. The Morgan fingerprint density at radius 3 is 2.57 bits per heavy atom. The van der Waals surface area contributed by atoms with Crippen LogP contribution in [0.2, 0.25) is 5.02 Å². The van der Waals surface area contributed by atoms with Crippen molar-refractivity contribution in [1.82, 2.24) is 15.5 Å². The molecule has 1 aliphatic carbocycles. The first-order chi connectivity index (χ1) is 13.4. The minimum absolute atomic E-state index is 0.214. The minimum Gasteiger partial charge on any atom is -0.349 e. The zero-order valence-corrected chi connectivity index (χ0v) is 16.8. The Balaban J connectivity index is 1.56. The van der Waals surface area contributed by atoms with E-state index in [1.54, 1.807) is 18.2 Å². The zero-order chi connectivity index (χ0) is 20.1. The highest BCUT2D eigenvalue weighted by molar-refractivity contribution is 6.34. The minimum atomic E-state index is -0.339. The molecule has 0 aliphatic heterocycles. The van der Waals surface area contributed by atoms with E-state index in [4.69, 9.17) is 11.6 Å². The van der Waals surface area contributed by atoms with Crippen molar-refractivity contribution in [2.24, 2.45) is 0 Å². The van der Waals surface area contributed by atoms with Crippen LogP contribution in [0.3, 0.4) is 0 Å². The van der Waals surface area contributed by atoms with Crippen LogP contribution in [0.1, 0.15) is 34.3 Å². The van der Waals surface area contributed by atoms with Crippen LogP contribution in [-0.4, -0.2) is 37.0 Å². The number of carbonyl (C=O) groups is 2. The fraction of sp³-hybridized carbons (Fsp3) is 0.333. The molecule has 1 saturated carbocycles. The van der Waals surface area contributed by atoms with Crippen molar-refractivity contribution < 1.29 is 9.59 Å². The van der Waals surface area contributed by atoms with Crippen LogP contribution < -0.4 is 16.0 Å². The summed E-state index contributed by atoms with van der Waals surface area (Å²) in [4.78, 5) is 26.6. The summed E-state index contributed by atoms with van der Waals surface area (Å²) in [5, 5.41) is 8.85. The standard InChI is InChI=1S/C21H25ClN4O2/c1-26(2)13-15-5-3-4-14(10-15)12-23-21(28)25-17-8-9-19(22)18(11-17)20(27)24-16-6-7-16/h3-5,8-11,16H,6-7,12-13H2,1-2H3,(H,24,27)(H2,23,25,28). The SMILES string of the molecule is CN(C)Cc1cccc(CNC(=O)Nc2ccc(Cl)c(C(=O)NC3CC3)c2)c1. The quantitative estimate of drug-likeness (QED) is 0.664. The van der Waals surface area contributed by atoms with E-state index in [9.17, 15) is 9.59 Å². The van der Waals surface area contributed by atoms with Crippen LogP contribution in [0.4, 0.5) is 10.5 Å². The molecular weight excluding hydrogens is 376 g/mol. The van der Waals surface area contributed by atoms with Gasteiger partial charge in [0.05, 0.1) is 10.6 Å². The molecule has 28 heavy (non-hydrogen) atoms. The van der Waals surface area contributed by atoms with Crippen molar-refractivity contribution in [2.45, 2.75) is 32.0 Å². The average Bonchev–Trinajstić information content (AvgIpc) is 3.45. The second-order valence-corrected chi connectivity index (χ2v) is 7.71. The van der Waals surface area contributed by atoms with Crippen molar-refractivity contribution in [1.29, 1.82) is 0 Å². The molecule has 1 fully saturated rings. The lowest BCUT2D eigenvalue weighted by atomic mass is 10.1. The molecule has 6 nitrogen and oxygen atoms in total. The Kier molecular flexibility index (Phi) is 6.54. The first-order valence-electron chi connectivity index (χ1n) is 9.28. The van der Waals surface area contributed by atoms with Crippen LogP contribution in [0, 0.1) is 0 Å². The number of nitrogens with one attached hydrogen (secondary N) is 3. The first kappa shape index (κ1) is 20.2. The number of nitrogens with zero attached hydrogens (tertiary/aromatic N) is 1. The van der Waals surface area contributed by atoms with Crippen LogP contribution >= 0.6 is 11.6 Å². The van der Waals surface area contributed by atoms with Crippen molar-refractivity contribution in [2.75, 3.05) is 19.4 Å². The van der Waals surface area contributed by atoms with Crippen molar-refractivity contribution in [3.8, 4) is 0 Å². The van der Waals surface area contributed by atoms with Gasteiger partial charge in [-0.15, -0.1) is 0 Å². The molecule has 148 valence electrons. The van der Waals surface area contributed by atoms with Crippen LogP contribution in [0.25, 0.3) is 0 Å². The number of halogens is 1. The third kappa shape index (κ3) is 5.97. The van der Waals surface area contributed by atoms with Gasteiger partial charge in [0.15, 0.2) is 0 Å². The smallest absolute Gasteiger partial charge is 0.319 e. The third-order valence-corrected chi connectivity index (χ3v) is 4.65. The summed E-state index contributed by atoms with van der Waals surface area (Å²) in [5.74, 6) is -0.214. The van der Waals surface area contributed by atoms with Gasteiger partial charge in [0, 0.05) is 24.8 Å². The molecule has 0 bridgehead atoms. The van der Waals surface area contributed by atoms with Gasteiger partial charge in [0.25, 0.3) is 5.91 Å². The van der Waals surface area contributed by atoms with E-state index in [2.05, 4.69) is 33.0 Å². The van der Waals surface area contributed by atoms with Gasteiger partial charge >= 0.3 is 6.03 Å². The van der Waals surface area contributed by atoms with E-state index in [0.717, 1.165) is 24.9 Å². The number of urea groups is 1. The molecule has 2 aromatic carbocycles. The van der Waals surface area contributed by atoms with Gasteiger partial charge in [0.1, 0.15) is 0 Å². The fourth-order valence-corrected chi connectivity index (χ4v) is 3.03. The van der Waals surface area contributed by atoms with Gasteiger partial charge in [-0.2, -0.15) is 0 Å². The topological polar surface area (TPSA) is 73.5 Å². The number of benzene rings is 2. The molecule has 0 spiro atoms. The second-order valence-electron chi connectivity index (χ2n) is 7.31. The summed E-state index contributed by atoms with van der Waals surface area (Å²) in [7, 11) is 4.04. The van der Waals surface area contributed by atoms with Gasteiger partial charge in [-0.3, -0.25) is 4.79 Å². The maximum absolute atomic E-state index is 12.2. The van der Waals surface area contributed by atoms with Gasteiger partial charge in [-0.05, 0) is 56.3 Å². The summed E-state index contributed by atoms with van der Waals surface area (Å²) in [6.45, 7) is 1.26. The Hall–Kier alpha value is -2.57. The molecule has 3 rings (SSSR count). The van der Waals surface area contributed by atoms with E-state index >= 15 is 0 Å². The Labute approximate surface area is 170 Å². The highest BCUT2D eigenvalue weighted by Crippen LogP contribution is 2.24. The number of rotatable bonds is 7. The van der Waals surface area contributed by atoms with Gasteiger partial charge < -0.3 is 20.9 Å². The molecule has 0 aromatic heterocycles. The molecule has 0 saturated heterocycles. The number of anilines is 1. The molecule has 3 amide bonds. The Morgan fingerprint density at radius 1 is 1.11 bits per heavy atom. The predicted octanol–water partition coefficient (Wildman–Crippen LogP) is 3.62. The predicted molar refractivity (Wildman–Crippen MR) is 112 cm³/mol. The molecule has 0 radical (unpaired) electrons. The summed E-state index contributed by atoms with van der Waals surface area (Å²) >= 11 is 6.13. The largest absolute Gasteiger partial charge is 0.349 e. The number of hydrogen-bond acceptors (Lipinski definition) is 3. The van der Waals surface area contributed by atoms with E-state index in [1.807, 2.05) is 26.2 Å². The Morgan fingerprint density at radius 2 is 1.86 bits per heavy atom. The first-order valence-corrected chi connectivity index (χ1v) is 9.66. The maximum atomic E-state index is 12.2. The van der Waals surface area contributed by atoms with E-state index < -0.39 is 0 Å². The molecule has 0 atom stereocenters. The summed E-state index contributed by atoms with van der Waals surface area (Å²) in [5.41, 5.74) is 3.09. The number of amides is 3. The maximum Gasteiger partial charge on any atom is 0.319 e. The molecule has 0 heterocycles. The highest BCUT2D eigenvalue weighted by Gasteiger charge is 2.24. The lowest BCUT2D eigenvalue weighted by Crippen LogP contribution is -2.29. The average molecular weight is 401 g/mol. The van der Waals surface area contributed by atoms with E-state index in [1.165, 1.54) is 5.56 Å². The van der Waals surface area contributed by atoms with Gasteiger partial charge in [-0.25, -0.2) is 4.79 Å². The van der Waals surface area contributed by atoms with Crippen molar-refractivity contribution in [3.05, 3.63) is 64.2 Å². The van der Waals surface area contributed by atoms with Crippen LogP contribution in [0.15, 0.2) is 42.5 Å². The Bertz CT molecular complexity index is 865. The molecule has 2 aromatic rings. The fourth-order valence-electron chi connectivity index (χ4n) is 2.83. The van der Waals surface area contributed by atoms with Crippen molar-refractivity contribution >= 4 is 29.2 Å². The lowest BCUT2D eigenvalue weighted by Gasteiger charge is -2.12. The molecule has 0 unspecified atom stereocenters. The van der Waals surface area contributed by atoms with Gasteiger partial charge in [-0.1, -0.05) is 35.9 Å². The van der Waals surface area contributed by atoms with Gasteiger partial charge in [0.2, 0.25) is 0 Å². The van der Waals surface area contributed by atoms with E-state index in [-0.39, 0.29) is 18.0 Å². The normalized spacial score (nSPS) is 13.3. The van der Waals surface area contributed by atoms with Crippen molar-refractivity contribution in [3.63, 3.8) is 0 Å². The third-order valence-electron chi connectivity index (χ3n) is 4.32. The molecular formula is C21H25ClN4O2. The second kappa shape index (κ2) is 9.08. The van der Waals surface area contributed by atoms with E-state index in [0.29, 0.717) is 22.8 Å². The summed E-state index contributed by atoms with van der Waals surface area (Å²) < 4.78 is 0. The summed E-state index contributed by atoms with van der Waals surface area (Å²) in [6, 6.07) is 12.9. The van der Waals surface area contributed by atoms with Crippen LogP contribution in [-0.2, 0) is 13.1 Å². The molecule has 7 heteroatoms. The lowest BCUT2D eigenvalue weighted by molar-refractivity contribution is 0.0951. The highest BCUT2D eigenvalue weighted by atomic mass is 35.5. The molecule has 1 aliphatic rings. The number of carbonyl (C=O) groups excluding carboxylic acids is 2. The number of hydrogen-bond donors (Lipinski definition) is 3. The monoisotopic (exact) mass is 400 g/mol. The molecule has 3 N–H and O–H groups in total. The van der Waals surface area contributed by atoms with Crippen LogP contribution in [0.5, 0.6) is 0 Å².